The fourth-order valence-corrected chi connectivity index (χ4v) is 2.42. The minimum atomic E-state index is -0.584. The van der Waals surface area contributed by atoms with Crippen LogP contribution in [0.4, 0.5) is 4.39 Å². The first-order valence-corrected chi connectivity index (χ1v) is 6.34. The van der Waals surface area contributed by atoms with Crippen LogP contribution in [0, 0.1) is 5.82 Å². The molecule has 0 bridgehead atoms. The molecule has 0 N–H and O–H groups in total. The van der Waals surface area contributed by atoms with Crippen LogP contribution >= 0.6 is 27.5 Å². The van der Waals surface area contributed by atoms with E-state index in [-0.39, 0.29) is 11.0 Å². The molecule has 4 nitrogen and oxygen atoms in total. The summed E-state index contributed by atoms with van der Waals surface area (Å²) in [6.45, 7) is 0. The van der Waals surface area contributed by atoms with Gasteiger partial charge in [0.1, 0.15) is 21.7 Å². The van der Waals surface area contributed by atoms with Crippen molar-refractivity contribution < 1.29 is 13.9 Å². The van der Waals surface area contributed by atoms with E-state index in [2.05, 4.69) is 25.9 Å². The number of hydrogen-bond acceptors (Lipinski definition) is 4. The van der Waals surface area contributed by atoms with Crippen molar-refractivity contribution in [3.63, 3.8) is 0 Å². The number of rotatable bonds is 3. The molecule has 0 radical (unpaired) electrons. The number of nitrogens with zero attached hydrogens (tertiary/aromatic N) is 2. The van der Waals surface area contributed by atoms with Gasteiger partial charge in [0.2, 0.25) is 5.28 Å². The van der Waals surface area contributed by atoms with Gasteiger partial charge in [-0.2, -0.15) is 0 Å². The molecule has 0 fully saturated rings. The van der Waals surface area contributed by atoms with E-state index in [4.69, 9.17) is 21.1 Å². The van der Waals surface area contributed by atoms with Crippen molar-refractivity contribution in [1.29, 1.82) is 0 Å². The van der Waals surface area contributed by atoms with E-state index in [0.717, 1.165) is 6.20 Å². The Morgan fingerprint density at radius 2 is 2.00 bits per heavy atom. The van der Waals surface area contributed by atoms with Gasteiger partial charge >= 0.3 is 0 Å². The lowest BCUT2D eigenvalue weighted by atomic mass is 10.1. The third kappa shape index (κ3) is 2.64. The molecule has 0 atom stereocenters. The van der Waals surface area contributed by atoms with Crippen LogP contribution in [0.5, 0.6) is 11.5 Å². The zero-order valence-electron chi connectivity index (χ0n) is 10.1. The van der Waals surface area contributed by atoms with Crippen molar-refractivity contribution >= 4 is 27.5 Å². The lowest BCUT2D eigenvalue weighted by Crippen LogP contribution is -1.97. The normalized spacial score (nSPS) is 10.4. The second kappa shape index (κ2) is 5.71. The summed E-state index contributed by atoms with van der Waals surface area (Å²) in [4.78, 5) is 7.46. The Bertz CT molecular complexity index is 625. The first kappa shape index (κ1) is 14.0. The number of halogens is 3. The zero-order chi connectivity index (χ0) is 14.0. The van der Waals surface area contributed by atoms with Crippen LogP contribution in [0.1, 0.15) is 0 Å². The Morgan fingerprint density at radius 1 is 1.26 bits per heavy atom. The number of benzene rings is 1. The second-order valence-electron chi connectivity index (χ2n) is 3.50. The molecule has 2 rings (SSSR count). The first-order valence-electron chi connectivity index (χ1n) is 5.17. The lowest BCUT2D eigenvalue weighted by molar-refractivity contribution is 0.390. The minimum Gasteiger partial charge on any atom is -0.495 e. The molecule has 0 saturated heterocycles. The van der Waals surface area contributed by atoms with E-state index < -0.39 is 5.82 Å². The molecule has 0 aliphatic heterocycles. The van der Waals surface area contributed by atoms with E-state index >= 15 is 0 Å². The van der Waals surface area contributed by atoms with E-state index in [9.17, 15) is 4.39 Å². The maximum Gasteiger partial charge on any atom is 0.223 e. The molecule has 0 amide bonds. The van der Waals surface area contributed by atoms with Gasteiger partial charge in [-0.05, 0) is 39.7 Å². The van der Waals surface area contributed by atoms with Gasteiger partial charge in [0.05, 0.1) is 20.4 Å². The van der Waals surface area contributed by atoms with Gasteiger partial charge in [-0.25, -0.2) is 14.4 Å². The van der Waals surface area contributed by atoms with Crippen LogP contribution in [0.3, 0.4) is 0 Å². The van der Waals surface area contributed by atoms with Gasteiger partial charge in [0.25, 0.3) is 0 Å². The van der Waals surface area contributed by atoms with Crippen LogP contribution in [-0.2, 0) is 0 Å². The van der Waals surface area contributed by atoms with Crippen molar-refractivity contribution in [3.8, 4) is 22.8 Å². The van der Waals surface area contributed by atoms with Crippen molar-refractivity contribution in [3.05, 3.63) is 33.9 Å². The maximum atomic E-state index is 13.8. The summed E-state index contributed by atoms with van der Waals surface area (Å²) in [5, 5.41) is -0.0367. The maximum absolute atomic E-state index is 13.8. The summed E-state index contributed by atoms with van der Waals surface area (Å²) >= 11 is 9.04. The van der Waals surface area contributed by atoms with E-state index in [1.807, 2.05) is 0 Å². The molecule has 0 aliphatic carbocycles. The predicted molar refractivity (Wildman–Crippen MR) is 73.2 cm³/mol. The van der Waals surface area contributed by atoms with Crippen LogP contribution in [0.15, 0.2) is 22.8 Å². The molecule has 100 valence electrons. The topological polar surface area (TPSA) is 44.2 Å². The summed E-state index contributed by atoms with van der Waals surface area (Å²) in [6.07, 6.45) is 1.02. The second-order valence-corrected chi connectivity index (χ2v) is 4.63. The quantitative estimate of drug-likeness (QED) is 0.794. The lowest BCUT2D eigenvalue weighted by Gasteiger charge is -2.13. The van der Waals surface area contributed by atoms with Crippen LogP contribution < -0.4 is 9.47 Å². The van der Waals surface area contributed by atoms with E-state index in [0.29, 0.717) is 21.5 Å². The van der Waals surface area contributed by atoms with Gasteiger partial charge in [0, 0.05) is 5.56 Å². The third-order valence-electron chi connectivity index (χ3n) is 2.46. The number of aromatic nitrogens is 2. The Hall–Kier alpha value is -1.40. The molecule has 7 heteroatoms. The molecule has 1 heterocycles. The van der Waals surface area contributed by atoms with Gasteiger partial charge in [-0.15, -0.1) is 0 Å². The fraction of sp³-hybridized carbons (Fsp3) is 0.167. The van der Waals surface area contributed by atoms with Gasteiger partial charge in [0.15, 0.2) is 5.82 Å². The van der Waals surface area contributed by atoms with Crippen LogP contribution in [-0.4, -0.2) is 24.2 Å². The highest BCUT2D eigenvalue weighted by atomic mass is 79.9. The standard InChI is InChI=1S/C12H9BrClFN2O2/c1-18-8-4-3-6(11(19-2)9(8)13)10-7(15)5-16-12(14)17-10/h3-5H,1-2H3. The largest absolute Gasteiger partial charge is 0.495 e. The van der Waals surface area contributed by atoms with Crippen LogP contribution in [0.2, 0.25) is 5.28 Å². The first-order chi connectivity index (χ1) is 9.08. The average Bonchev–Trinajstić information content (AvgIpc) is 2.41. The van der Waals surface area contributed by atoms with E-state index in [1.54, 1.807) is 12.1 Å². The van der Waals surface area contributed by atoms with Crippen LogP contribution in [0.25, 0.3) is 11.3 Å². The highest BCUT2D eigenvalue weighted by Crippen LogP contribution is 2.42. The zero-order valence-corrected chi connectivity index (χ0v) is 12.4. The molecule has 2 aromatic rings. The Morgan fingerprint density at radius 3 is 2.63 bits per heavy atom. The third-order valence-corrected chi connectivity index (χ3v) is 3.39. The van der Waals surface area contributed by atoms with Crippen molar-refractivity contribution in [2.24, 2.45) is 0 Å². The predicted octanol–water partition coefficient (Wildman–Crippen LogP) is 3.72. The smallest absolute Gasteiger partial charge is 0.223 e. The molecule has 1 aromatic carbocycles. The van der Waals surface area contributed by atoms with Gasteiger partial charge in [-0.1, -0.05) is 0 Å². The van der Waals surface area contributed by atoms with E-state index in [1.165, 1.54) is 14.2 Å². The number of hydrogen-bond donors (Lipinski definition) is 0. The minimum absolute atomic E-state index is 0.0367. The molecule has 0 aliphatic rings. The highest BCUT2D eigenvalue weighted by Gasteiger charge is 2.18. The molecule has 0 saturated carbocycles. The molecule has 0 spiro atoms. The Labute approximate surface area is 122 Å². The number of ether oxygens (including phenoxy) is 2. The van der Waals surface area contributed by atoms with Crippen molar-refractivity contribution in [1.82, 2.24) is 9.97 Å². The molecule has 19 heavy (non-hydrogen) atoms. The molecule has 0 unspecified atom stereocenters. The summed E-state index contributed by atoms with van der Waals surface area (Å²) in [5.41, 5.74) is 0.525. The van der Waals surface area contributed by atoms with Gasteiger partial charge < -0.3 is 9.47 Å². The monoisotopic (exact) mass is 346 g/mol. The number of methoxy groups -OCH3 is 2. The summed E-state index contributed by atoms with van der Waals surface area (Å²) in [7, 11) is 3.01. The molecular weight excluding hydrogens is 338 g/mol. The SMILES string of the molecule is COc1ccc(-c2nc(Cl)ncc2F)c(OC)c1Br. The fourth-order valence-electron chi connectivity index (χ4n) is 1.62. The van der Waals surface area contributed by atoms with Gasteiger partial charge in [-0.3, -0.25) is 0 Å². The average molecular weight is 348 g/mol. The summed E-state index contributed by atoms with van der Waals surface area (Å²) < 4.78 is 24.8. The Balaban J connectivity index is 2.68. The molecule has 1 aromatic heterocycles. The Kier molecular flexibility index (Phi) is 4.21. The van der Waals surface area contributed by atoms with Crippen molar-refractivity contribution in [2.75, 3.05) is 14.2 Å². The highest BCUT2D eigenvalue weighted by molar-refractivity contribution is 9.10. The summed E-state index contributed by atoms with van der Waals surface area (Å²) in [6, 6.07) is 3.32. The molecular formula is C12H9BrClFN2O2. The summed E-state index contributed by atoms with van der Waals surface area (Å²) in [5.74, 6) is 0.397. The van der Waals surface area contributed by atoms with Crippen molar-refractivity contribution in [2.45, 2.75) is 0 Å².